The fourth-order valence-corrected chi connectivity index (χ4v) is 3.77. The van der Waals surface area contributed by atoms with Crippen molar-refractivity contribution < 1.29 is 9.90 Å². The quantitative estimate of drug-likeness (QED) is 0.866. The lowest BCUT2D eigenvalue weighted by molar-refractivity contribution is -0.138. The number of Topliss-reactive ketones (excluding diaryl/α,β-unsaturated/α-hetero) is 1. The van der Waals surface area contributed by atoms with Crippen molar-refractivity contribution in [3.8, 4) is 0 Å². The Morgan fingerprint density at radius 2 is 1.86 bits per heavy atom. The van der Waals surface area contributed by atoms with E-state index in [1.165, 1.54) is 25.7 Å². The molecule has 0 atom stereocenters. The number of aromatic nitrogens is 2. The molecule has 0 bridgehead atoms. The third-order valence-corrected chi connectivity index (χ3v) is 5.15. The molecule has 2 aliphatic carbocycles. The normalized spacial score (nSPS) is 23.1. The van der Waals surface area contributed by atoms with E-state index in [0.29, 0.717) is 18.9 Å². The maximum atomic E-state index is 12.5. The highest BCUT2D eigenvalue weighted by Gasteiger charge is 2.35. The van der Waals surface area contributed by atoms with Crippen LogP contribution >= 0.6 is 0 Å². The van der Waals surface area contributed by atoms with Gasteiger partial charge in [-0.25, -0.2) is 0 Å². The lowest BCUT2D eigenvalue weighted by atomic mass is 9.87. The number of nitrogens with zero attached hydrogens (tertiary/aromatic N) is 2. The SMILES string of the molecule is O=C(Cc1ccn(C2CCCC2)n1)C1(O)CCCCCC1. The zero-order valence-electron chi connectivity index (χ0n) is 12.8. The van der Waals surface area contributed by atoms with E-state index in [2.05, 4.69) is 5.10 Å². The summed E-state index contributed by atoms with van der Waals surface area (Å²) >= 11 is 0. The topological polar surface area (TPSA) is 55.1 Å². The fourth-order valence-electron chi connectivity index (χ4n) is 3.77. The van der Waals surface area contributed by atoms with E-state index in [1.54, 1.807) is 0 Å². The molecular weight excluding hydrogens is 264 g/mol. The minimum Gasteiger partial charge on any atom is -0.382 e. The van der Waals surface area contributed by atoms with Gasteiger partial charge in [0.05, 0.1) is 18.2 Å². The summed E-state index contributed by atoms with van der Waals surface area (Å²) in [5, 5.41) is 15.2. The van der Waals surface area contributed by atoms with Gasteiger partial charge in [-0.1, -0.05) is 38.5 Å². The number of rotatable bonds is 4. The molecule has 0 spiro atoms. The zero-order chi connectivity index (χ0) is 14.7. The minimum atomic E-state index is -1.10. The van der Waals surface area contributed by atoms with Gasteiger partial charge in [-0.05, 0) is 31.7 Å². The minimum absolute atomic E-state index is 0.0407. The first-order valence-electron chi connectivity index (χ1n) is 8.47. The van der Waals surface area contributed by atoms with E-state index in [0.717, 1.165) is 31.4 Å². The number of hydrogen-bond acceptors (Lipinski definition) is 3. The molecule has 0 aliphatic heterocycles. The second-order valence-electron chi connectivity index (χ2n) is 6.77. The molecule has 3 rings (SSSR count). The molecule has 0 unspecified atom stereocenters. The second kappa shape index (κ2) is 6.30. The smallest absolute Gasteiger partial charge is 0.170 e. The van der Waals surface area contributed by atoms with E-state index in [1.807, 2.05) is 16.9 Å². The summed E-state index contributed by atoms with van der Waals surface area (Å²) in [6.45, 7) is 0. The van der Waals surface area contributed by atoms with Crippen LogP contribution in [0.5, 0.6) is 0 Å². The third-order valence-electron chi connectivity index (χ3n) is 5.15. The van der Waals surface area contributed by atoms with Crippen molar-refractivity contribution >= 4 is 5.78 Å². The summed E-state index contributed by atoms with van der Waals surface area (Å²) in [4.78, 5) is 12.5. The summed E-state index contributed by atoms with van der Waals surface area (Å²) in [6, 6.07) is 2.45. The molecule has 1 aromatic rings. The van der Waals surface area contributed by atoms with Crippen LogP contribution in [0, 0.1) is 0 Å². The van der Waals surface area contributed by atoms with Gasteiger partial charge in [0.1, 0.15) is 5.60 Å². The summed E-state index contributed by atoms with van der Waals surface area (Å²) in [5.41, 5.74) is -0.294. The van der Waals surface area contributed by atoms with Gasteiger partial charge in [0, 0.05) is 6.20 Å². The van der Waals surface area contributed by atoms with E-state index in [-0.39, 0.29) is 12.2 Å². The van der Waals surface area contributed by atoms with Gasteiger partial charge in [0.15, 0.2) is 5.78 Å². The first-order chi connectivity index (χ1) is 10.2. The number of hydrogen-bond donors (Lipinski definition) is 1. The number of ketones is 1. The van der Waals surface area contributed by atoms with Gasteiger partial charge in [-0.2, -0.15) is 5.10 Å². The zero-order valence-corrected chi connectivity index (χ0v) is 12.8. The molecule has 0 aromatic carbocycles. The predicted octanol–water partition coefficient (Wildman–Crippen LogP) is 3.20. The van der Waals surface area contributed by atoms with E-state index >= 15 is 0 Å². The highest BCUT2D eigenvalue weighted by Crippen LogP contribution is 2.30. The summed E-state index contributed by atoms with van der Waals surface area (Å²) in [5.74, 6) is -0.0407. The maximum Gasteiger partial charge on any atom is 0.170 e. The monoisotopic (exact) mass is 290 g/mol. The van der Waals surface area contributed by atoms with Crippen LogP contribution in [0.3, 0.4) is 0 Å². The van der Waals surface area contributed by atoms with Gasteiger partial charge in [0.2, 0.25) is 0 Å². The summed E-state index contributed by atoms with van der Waals surface area (Å²) in [7, 11) is 0. The molecule has 21 heavy (non-hydrogen) atoms. The van der Waals surface area contributed by atoms with Crippen LogP contribution in [-0.4, -0.2) is 26.3 Å². The van der Waals surface area contributed by atoms with E-state index in [9.17, 15) is 9.90 Å². The van der Waals surface area contributed by atoms with Crippen molar-refractivity contribution in [2.45, 2.75) is 82.3 Å². The van der Waals surface area contributed by atoms with Crippen LogP contribution in [0.4, 0.5) is 0 Å². The van der Waals surface area contributed by atoms with Gasteiger partial charge >= 0.3 is 0 Å². The van der Waals surface area contributed by atoms with E-state index < -0.39 is 5.60 Å². The Hall–Kier alpha value is -1.16. The van der Waals surface area contributed by atoms with Gasteiger partial charge in [0.25, 0.3) is 0 Å². The number of aliphatic hydroxyl groups is 1. The van der Waals surface area contributed by atoms with Crippen molar-refractivity contribution in [2.24, 2.45) is 0 Å². The van der Waals surface area contributed by atoms with Crippen LogP contribution in [0.15, 0.2) is 12.3 Å². The Kier molecular flexibility index (Phi) is 4.43. The van der Waals surface area contributed by atoms with Crippen molar-refractivity contribution in [1.29, 1.82) is 0 Å². The molecule has 4 nitrogen and oxygen atoms in total. The second-order valence-corrected chi connectivity index (χ2v) is 6.77. The molecular formula is C17H26N2O2. The Balaban J connectivity index is 1.63. The Bertz CT molecular complexity index is 481. The maximum absolute atomic E-state index is 12.5. The first kappa shape index (κ1) is 14.8. The van der Waals surface area contributed by atoms with E-state index in [4.69, 9.17) is 0 Å². The summed E-state index contributed by atoms with van der Waals surface area (Å²) in [6.07, 6.45) is 12.6. The molecule has 1 N–H and O–H groups in total. The van der Waals surface area contributed by atoms with Gasteiger partial charge in [-0.15, -0.1) is 0 Å². The fraction of sp³-hybridized carbons (Fsp3) is 0.765. The molecule has 2 fully saturated rings. The Morgan fingerprint density at radius 1 is 1.19 bits per heavy atom. The molecule has 2 saturated carbocycles. The Morgan fingerprint density at radius 3 is 2.52 bits per heavy atom. The van der Waals surface area contributed by atoms with Gasteiger partial charge in [-0.3, -0.25) is 9.48 Å². The third kappa shape index (κ3) is 3.37. The molecule has 0 amide bonds. The molecule has 1 aromatic heterocycles. The van der Waals surface area contributed by atoms with Crippen LogP contribution in [0.1, 0.15) is 75.9 Å². The van der Waals surface area contributed by atoms with Crippen LogP contribution in [-0.2, 0) is 11.2 Å². The highest BCUT2D eigenvalue weighted by molar-refractivity contribution is 5.88. The lowest BCUT2D eigenvalue weighted by Crippen LogP contribution is -2.39. The number of carbonyl (C=O) groups excluding carboxylic acids is 1. The molecule has 0 radical (unpaired) electrons. The van der Waals surface area contributed by atoms with Crippen LogP contribution in [0.25, 0.3) is 0 Å². The molecule has 2 aliphatic rings. The van der Waals surface area contributed by atoms with Crippen LogP contribution in [0.2, 0.25) is 0 Å². The number of carbonyl (C=O) groups is 1. The van der Waals surface area contributed by atoms with Gasteiger partial charge < -0.3 is 5.11 Å². The molecule has 1 heterocycles. The van der Waals surface area contributed by atoms with Crippen molar-refractivity contribution in [2.75, 3.05) is 0 Å². The lowest BCUT2D eigenvalue weighted by Gasteiger charge is -2.24. The molecule has 116 valence electrons. The average Bonchev–Trinajstić information content (AvgIpc) is 3.09. The first-order valence-corrected chi connectivity index (χ1v) is 8.47. The van der Waals surface area contributed by atoms with Crippen molar-refractivity contribution in [3.05, 3.63) is 18.0 Å². The molecule has 0 saturated heterocycles. The Labute approximate surface area is 126 Å². The summed E-state index contributed by atoms with van der Waals surface area (Å²) < 4.78 is 2.02. The predicted molar refractivity (Wildman–Crippen MR) is 81.1 cm³/mol. The average molecular weight is 290 g/mol. The van der Waals surface area contributed by atoms with Crippen LogP contribution < -0.4 is 0 Å². The standard InChI is InChI=1S/C17H26N2O2/c20-16(17(21)10-5-1-2-6-11-17)13-14-9-12-19(18-14)15-7-3-4-8-15/h9,12,15,21H,1-8,10-11,13H2. The van der Waals surface area contributed by atoms with Crippen molar-refractivity contribution in [3.63, 3.8) is 0 Å². The van der Waals surface area contributed by atoms with Crippen molar-refractivity contribution in [1.82, 2.24) is 9.78 Å². The highest BCUT2D eigenvalue weighted by atomic mass is 16.3. The largest absolute Gasteiger partial charge is 0.382 e. The molecule has 4 heteroatoms.